The number of rotatable bonds is 2. The summed E-state index contributed by atoms with van der Waals surface area (Å²) in [6.45, 7) is 10.8. The van der Waals surface area contributed by atoms with E-state index in [4.69, 9.17) is 4.74 Å². The van der Waals surface area contributed by atoms with Crippen LogP contribution in [0.25, 0.3) is 0 Å². The van der Waals surface area contributed by atoms with E-state index in [2.05, 4.69) is 9.47 Å². The summed E-state index contributed by atoms with van der Waals surface area (Å²) >= 11 is 0. The molecule has 2 rings (SSSR count). The number of hydrogen-bond donors (Lipinski definition) is 1. The number of ether oxygens (including phenoxy) is 3. The molecule has 6 heteroatoms. The van der Waals surface area contributed by atoms with Gasteiger partial charge in [-0.2, -0.15) is 0 Å². The maximum absolute atomic E-state index is 12.6. The van der Waals surface area contributed by atoms with Crippen molar-refractivity contribution in [2.45, 2.75) is 59.0 Å². The van der Waals surface area contributed by atoms with Gasteiger partial charge in [-0.1, -0.05) is 0 Å². The Morgan fingerprint density at radius 1 is 1.00 bits per heavy atom. The van der Waals surface area contributed by atoms with E-state index < -0.39 is 17.5 Å². The van der Waals surface area contributed by atoms with Crippen molar-refractivity contribution in [2.75, 3.05) is 7.11 Å². The number of methoxy groups -OCH3 is 1. The van der Waals surface area contributed by atoms with E-state index in [-0.39, 0.29) is 11.5 Å². The van der Waals surface area contributed by atoms with Gasteiger partial charge in [0.05, 0.1) is 11.2 Å². The van der Waals surface area contributed by atoms with Crippen molar-refractivity contribution in [1.29, 1.82) is 0 Å². The second-order valence-electron chi connectivity index (χ2n) is 6.32. The zero-order valence-electron chi connectivity index (χ0n) is 14.1. The van der Waals surface area contributed by atoms with Gasteiger partial charge in [-0.05, 0) is 64.8 Å². The number of halogens is 2. The Kier molecular flexibility index (Phi) is 5.09. The van der Waals surface area contributed by atoms with Crippen molar-refractivity contribution in [3.8, 4) is 11.5 Å². The number of hydrogen-bond acceptors (Lipinski definition) is 4. The normalized spacial score (nSPS) is 16.1. The molecule has 1 aromatic carbocycles. The van der Waals surface area contributed by atoms with Crippen LogP contribution in [-0.4, -0.2) is 29.7 Å². The maximum atomic E-state index is 12.6. The molecule has 0 bridgehead atoms. The molecule has 0 unspecified atom stereocenters. The number of benzene rings is 1. The lowest BCUT2D eigenvalue weighted by molar-refractivity contribution is -0.286. The minimum atomic E-state index is -3.51. The predicted molar refractivity (Wildman–Crippen MR) is 79.5 cm³/mol. The average molecular weight is 318 g/mol. The lowest BCUT2D eigenvalue weighted by Gasteiger charge is -2.35. The molecule has 1 N–H and O–H groups in total. The first kappa shape index (κ1) is 18.6. The van der Waals surface area contributed by atoms with Gasteiger partial charge in [-0.15, -0.1) is 8.78 Å². The van der Waals surface area contributed by atoms with Crippen LogP contribution in [0.15, 0.2) is 12.1 Å². The van der Waals surface area contributed by atoms with Gasteiger partial charge in [0.2, 0.25) is 0 Å². The quantitative estimate of drug-likeness (QED) is 0.901. The van der Waals surface area contributed by atoms with Crippen LogP contribution in [0, 0.1) is 13.8 Å². The Labute approximate surface area is 130 Å². The van der Waals surface area contributed by atoms with Crippen molar-refractivity contribution in [3.05, 3.63) is 23.3 Å². The lowest BCUT2D eigenvalue weighted by atomic mass is 9.90. The van der Waals surface area contributed by atoms with E-state index in [1.165, 1.54) is 0 Å². The molecular weight excluding hydrogens is 294 g/mol. The number of alkyl halides is 2. The molecule has 126 valence electrons. The summed E-state index contributed by atoms with van der Waals surface area (Å²) in [5, 5.41) is 9.42. The van der Waals surface area contributed by atoms with Crippen LogP contribution < -0.4 is 9.47 Å². The molecule has 0 amide bonds. The lowest BCUT2D eigenvalue weighted by Crippen LogP contribution is -2.46. The molecule has 0 saturated heterocycles. The van der Waals surface area contributed by atoms with E-state index >= 15 is 0 Å². The van der Waals surface area contributed by atoms with Gasteiger partial charge in [0.25, 0.3) is 0 Å². The van der Waals surface area contributed by atoms with E-state index in [9.17, 15) is 13.9 Å². The average Bonchev–Trinajstić information content (AvgIpc) is 2.62. The highest BCUT2D eigenvalue weighted by atomic mass is 19.3. The Morgan fingerprint density at radius 2 is 1.36 bits per heavy atom. The molecule has 0 radical (unpaired) electrons. The first-order chi connectivity index (χ1) is 9.79. The monoisotopic (exact) mass is 318 g/mol. The van der Waals surface area contributed by atoms with Gasteiger partial charge in [0.1, 0.15) is 0 Å². The Hall–Kier alpha value is -1.40. The van der Waals surface area contributed by atoms with E-state index in [0.717, 1.165) is 11.1 Å². The zero-order chi connectivity index (χ0) is 17.3. The van der Waals surface area contributed by atoms with Crippen LogP contribution in [0.3, 0.4) is 0 Å². The van der Waals surface area contributed by atoms with Crippen molar-refractivity contribution in [1.82, 2.24) is 0 Å². The number of aryl methyl sites for hydroxylation is 2. The van der Waals surface area contributed by atoms with Gasteiger partial charge in [-0.3, -0.25) is 0 Å². The molecule has 1 heterocycles. The summed E-state index contributed by atoms with van der Waals surface area (Å²) in [5.74, 6) is 0.209. The van der Waals surface area contributed by atoms with Crippen LogP contribution in [0.4, 0.5) is 8.78 Å². The SMILES string of the molecule is COC(C)(C)C(C)(C)O.Cc1cc2c(cc1C)OC(F)(F)O2. The van der Waals surface area contributed by atoms with Gasteiger partial charge < -0.3 is 19.3 Å². The summed E-state index contributed by atoms with van der Waals surface area (Å²) in [6, 6.07) is 3.09. The predicted octanol–water partition coefficient (Wildman–Crippen LogP) is 3.81. The Balaban J connectivity index is 0.000000239. The van der Waals surface area contributed by atoms with Crippen molar-refractivity contribution >= 4 is 0 Å². The maximum Gasteiger partial charge on any atom is 0.586 e. The minimum absolute atomic E-state index is 0.105. The fourth-order valence-electron chi connectivity index (χ4n) is 1.45. The van der Waals surface area contributed by atoms with Gasteiger partial charge in [-0.25, -0.2) is 0 Å². The Morgan fingerprint density at radius 3 is 1.59 bits per heavy atom. The van der Waals surface area contributed by atoms with Crippen LogP contribution in [-0.2, 0) is 4.74 Å². The molecule has 0 aliphatic carbocycles. The highest BCUT2D eigenvalue weighted by Crippen LogP contribution is 2.42. The molecule has 4 nitrogen and oxygen atoms in total. The molecule has 1 aliphatic heterocycles. The van der Waals surface area contributed by atoms with Crippen LogP contribution in [0.1, 0.15) is 38.8 Å². The third-order valence-electron chi connectivity index (χ3n) is 4.00. The van der Waals surface area contributed by atoms with Gasteiger partial charge >= 0.3 is 6.29 Å². The largest absolute Gasteiger partial charge is 0.586 e. The van der Waals surface area contributed by atoms with Gasteiger partial charge in [0.15, 0.2) is 11.5 Å². The molecule has 0 fully saturated rings. The highest BCUT2D eigenvalue weighted by molar-refractivity contribution is 5.48. The van der Waals surface area contributed by atoms with E-state index in [1.54, 1.807) is 33.1 Å². The van der Waals surface area contributed by atoms with Crippen molar-refractivity contribution < 1.29 is 28.1 Å². The van der Waals surface area contributed by atoms with Crippen LogP contribution >= 0.6 is 0 Å². The number of fused-ring (bicyclic) bond motifs is 1. The second kappa shape index (κ2) is 6.01. The molecule has 0 spiro atoms. The van der Waals surface area contributed by atoms with E-state index in [1.807, 2.05) is 27.7 Å². The fraction of sp³-hybridized carbons (Fsp3) is 0.625. The summed E-state index contributed by atoms with van der Waals surface area (Å²) in [7, 11) is 1.60. The zero-order valence-corrected chi connectivity index (χ0v) is 14.1. The molecule has 1 aliphatic rings. The molecular formula is C16H24F2O4. The second-order valence-corrected chi connectivity index (χ2v) is 6.32. The molecule has 0 aromatic heterocycles. The first-order valence-electron chi connectivity index (χ1n) is 6.94. The third-order valence-corrected chi connectivity index (χ3v) is 4.00. The van der Waals surface area contributed by atoms with Crippen LogP contribution in [0.5, 0.6) is 11.5 Å². The molecule has 0 atom stereocenters. The van der Waals surface area contributed by atoms with E-state index in [0.29, 0.717) is 0 Å². The molecule has 0 saturated carbocycles. The fourth-order valence-corrected chi connectivity index (χ4v) is 1.45. The summed E-state index contributed by atoms with van der Waals surface area (Å²) < 4.78 is 38.7. The third kappa shape index (κ3) is 4.30. The number of aliphatic hydroxyl groups is 1. The topological polar surface area (TPSA) is 47.9 Å². The standard InChI is InChI=1S/C9H8F2O2.C7H16O2/c1-5-3-7-8(4-6(5)2)13-9(10,11)12-7;1-6(2,8)7(3,4)9-5/h3-4H,1-2H3;8H,1-5H3. The first-order valence-corrected chi connectivity index (χ1v) is 6.94. The van der Waals surface area contributed by atoms with Crippen molar-refractivity contribution in [3.63, 3.8) is 0 Å². The smallest absolute Gasteiger partial charge is 0.395 e. The highest BCUT2D eigenvalue weighted by Gasteiger charge is 2.43. The molecule has 22 heavy (non-hydrogen) atoms. The summed E-state index contributed by atoms with van der Waals surface area (Å²) in [4.78, 5) is 0. The summed E-state index contributed by atoms with van der Waals surface area (Å²) in [6.07, 6.45) is -3.51. The van der Waals surface area contributed by atoms with Gasteiger partial charge in [0, 0.05) is 7.11 Å². The minimum Gasteiger partial charge on any atom is -0.395 e. The van der Waals surface area contributed by atoms with Crippen molar-refractivity contribution in [2.24, 2.45) is 0 Å². The van der Waals surface area contributed by atoms with Crippen LogP contribution in [0.2, 0.25) is 0 Å². The molecule has 1 aromatic rings. The summed E-state index contributed by atoms with van der Waals surface area (Å²) in [5.41, 5.74) is 0.564. The Bertz CT molecular complexity index is 501.